The highest BCUT2D eigenvalue weighted by Gasteiger charge is 2.13. The van der Waals surface area contributed by atoms with Gasteiger partial charge in [0, 0.05) is 6.08 Å². The van der Waals surface area contributed by atoms with E-state index in [0.717, 1.165) is 11.1 Å². The van der Waals surface area contributed by atoms with Crippen molar-refractivity contribution in [3.05, 3.63) is 81.4 Å². The normalized spacial score (nSPS) is 11.3. The van der Waals surface area contributed by atoms with Gasteiger partial charge in [0.25, 0.3) is 5.70 Å². The van der Waals surface area contributed by atoms with Gasteiger partial charge in [-0.3, -0.25) is 10.1 Å². The van der Waals surface area contributed by atoms with Crippen molar-refractivity contribution in [1.29, 1.82) is 0 Å². The smallest absolute Gasteiger partial charge is 0.258 e. The third-order valence-corrected chi connectivity index (χ3v) is 2.65. The van der Waals surface area contributed by atoms with Gasteiger partial charge in [-0.2, -0.15) is 0 Å². The SMILES string of the molecule is Cc1ccc(C(=Cc2ccccc2)[N+](=O)[O-])cc1. The second kappa shape index (κ2) is 5.27. The van der Waals surface area contributed by atoms with Gasteiger partial charge in [0.15, 0.2) is 0 Å². The molecular weight excluding hydrogens is 226 g/mol. The first-order valence-electron chi connectivity index (χ1n) is 5.65. The molecule has 90 valence electrons. The molecule has 18 heavy (non-hydrogen) atoms. The minimum atomic E-state index is -0.350. The standard InChI is InChI=1S/C15H13NO2/c1-12-7-9-14(10-8-12)15(16(17)18)11-13-5-3-2-4-6-13/h2-11H,1H3. The third-order valence-electron chi connectivity index (χ3n) is 2.65. The van der Waals surface area contributed by atoms with Gasteiger partial charge in [0.1, 0.15) is 0 Å². The predicted molar refractivity (Wildman–Crippen MR) is 72.5 cm³/mol. The van der Waals surface area contributed by atoms with Crippen molar-refractivity contribution in [2.45, 2.75) is 6.92 Å². The van der Waals surface area contributed by atoms with E-state index in [1.807, 2.05) is 49.4 Å². The number of nitro groups is 1. The molecule has 0 fully saturated rings. The van der Waals surface area contributed by atoms with Crippen molar-refractivity contribution in [2.24, 2.45) is 0 Å². The summed E-state index contributed by atoms with van der Waals surface area (Å²) >= 11 is 0. The summed E-state index contributed by atoms with van der Waals surface area (Å²) in [4.78, 5) is 10.8. The molecule has 2 rings (SSSR count). The molecule has 0 radical (unpaired) electrons. The maximum absolute atomic E-state index is 11.1. The van der Waals surface area contributed by atoms with Crippen molar-refractivity contribution in [2.75, 3.05) is 0 Å². The van der Waals surface area contributed by atoms with Crippen molar-refractivity contribution < 1.29 is 4.92 Å². The second-order valence-corrected chi connectivity index (χ2v) is 4.06. The van der Waals surface area contributed by atoms with Gasteiger partial charge in [-0.1, -0.05) is 48.0 Å². The Morgan fingerprint density at radius 1 is 1.06 bits per heavy atom. The molecule has 0 heterocycles. The van der Waals surface area contributed by atoms with Crippen molar-refractivity contribution >= 4 is 11.8 Å². The average Bonchev–Trinajstić information content (AvgIpc) is 2.38. The lowest BCUT2D eigenvalue weighted by Gasteiger charge is -2.00. The summed E-state index contributed by atoms with van der Waals surface area (Å²) in [7, 11) is 0. The number of hydrogen-bond donors (Lipinski definition) is 0. The molecule has 0 bridgehead atoms. The van der Waals surface area contributed by atoms with Crippen LogP contribution in [0.15, 0.2) is 54.6 Å². The summed E-state index contributed by atoms with van der Waals surface area (Å²) in [6, 6.07) is 16.6. The molecule has 3 heteroatoms. The molecular formula is C15H13NO2. The highest BCUT2D eigenvalue weighted by atomic mass is 16.6. The van der Waals surface area contributed by atoms with E-state index in [1.54, 1.807) is 18.2 Å². The first kappa shape index (κ1) is 12.0. The van der Waals surface area contributed by atoms with Crippen LogP contribution in [0.25, 0.3) is 11.8 Å². The van der Waals surface area contributed by atoms with E-state index in [0.29, 0.717) is 5.56 Å². The van der Waals surface area contributed by atoms with Gasteiger partial charge < -0.3 is 0 Å². The zero-order chi connectivity index (χ0) is 13.0. The maximum atomic E-state index is 11.1. The number of hydrogen-bond acceptors (Lipinski definition) is 2. The Kier molecular flexibility index (Phi) is 3.53. The first-order chi connectivity index (χ1) is 8.66. The Hall–Kier alpha value is -2.42. The second-order valence-electron chi connectivity index (χ2n) is 4.06. The minimum absolute atomic E-state index is 0.112. The van der Waals surface area contributed by atoms with Gasteiger partial charge in [0.2, 0.25) is 0 Å². The minimum Gasteiger partial charge on any atom is -0.258 e. The van der Waals surface area contributed by atoms with E-state index >= 15 is 0 Å². The monoisotopic (exact) mass is 239 g/mol. The molecule has 0 aromatic heterocycles. The van der Waals surface area contributed by atoms with E-state index < -0.39 is 0 Å². The maximum Gasteiger partial charge on any atom is 0.277 e. The number of aryl methyl sites for hydroxylation is 1. The zero-order valence-corrected chi connectivity index (χ0v) is 10.0. The Balaban J connectivity index is 2.44. The van der Waals surface area contributed by atoms with E-state index in [2.05, 4.69) is 0 Å². The van der Waals surface area contributed by atoms with Crippen LogP contribution in [0.1, 0.15) is 16.7 Å². The van der Waals surface area contributed by atoms with Gasteiger partial charge in [-0.05, 0) is 24.6 Å². The molecule has 2 aromatic rings. The van der Waals surface area contributed by atoms with E-state index in [-0.39, 0.29) is 10.6 Å². The average molecular weight is 239 g/mol. The largest absolute Gasteiger partial charge is 0.277 e. The molecule has 0 saturated carbocycles. The summed E-state index contributed by atoms with van der Waals surface area (Å²) in [5.41, 5.74) is 2.64. The van der Waals surface area contributed by atoms with Gasteiger partial charge in [-0.25, -0.2) is 0 Å². The molecule has 2 aromatic carbocycles. The molecule has 0 spiro atoms. The molecule has 0 aliphatic carbocycles. The van der Waals surface area contributed by atoms with Crippen LogP contribution in [0.3, 0.4) is 0 Å². The van der Waals surface area contributed by atoms with Crippen LogP contribution in [0, 0.1) is 17.0 Å². The lowest BCUT2D eigenvalue weighted by atomic mass is 10.1. The molecule has 3 nitrogen and oxygen atoms in total. The summed E-state index contributed by atoms with van der Waals surface area (Å²) in [5, 5.41) is 11.1. The highest BCUT2D eigenvalue weighted by molar-refractivity contribution is 5.76. The molecule has 0 amide bonds. The fraction of sp³-hybridized carbons (Fsp3) is 0.0667. The fourth-order valence-electron chi connectivity index (χ4n) is 1.67. The first-order valence-corrected chi connectivity index (χ1v) is 5.65. The van der Waals surface area contributed by atoms with Crippen molar-refractivity contribution in [3.8, 4) is 0 Å². The Morgan fingerprint density at radius 3 is 2.22 bits per heavy atom. The van der Waals surface area contributed by atoms with Gasteiger partial charge in [-0.15, -0.1) is 0 Å². The summed E-state index contributed by atoms with van der Waals surface area (Å²) in [6.07, 6.45) is 1.59. The summed E-state index contributed by atoms with van der Waals surface area (Å²) < 4.78 is 0. The molecule has 0 aliphatic heterocycles. The predicted octanol–water partition coefficient (Wildman–Crippen LogP) is 3.77. The van der Waals surface area contributed by atoms with Crippen molar-refractivity contribution in [1.82, 2.24) is 0 Å². The summed E-state index contributed by atoms with van der Waals surface area (Å²) in [6.45, 7) is 1.95. The molecule has 0 unspecified atom stereocenters. The van der Waals surface area contributed by atoms with Gasteiger partial charge >= 0.3 is 0 Å². The lowest BCUT2D eigenvalue weighted by Crippen LogP contribution is -1.97. The van der Waals surface area contributed by atoms with Crippen LogP contribution in [0.2, 0.25) is 0 Å². The number of rotatable bonds is 3. The van der Waals surface area contributed by atoms with E-state index in [9.17, 15) is 10.1 Å². The summed E-state index contributed by atoms with van der Waals surface area (Å²) in [5.74, 6) is 0. The van der Waals surface area contributed by atoms with Crippen LogP contribution < -0.4 is 0 Å². The fourth-order valence-corrected chi connectivity index (χ4v) is 1.67. The Morgan fingerprint density at radius 2 is 1.67 bits per heavy atom. The number of nitrogens with zero attached hydrogens (tertiary/aromatic N) is 1. The van der Waals surface area contributed by atoms with E-state index in [1.165, 1.54) is 0 Å². The van der Waals surface area contributed by atoms with Crippen LogP contribution in [0.5, 0.6) is 0 Å². The Bertz CT molecular complexity index is 571. The molecule has 0 atom stereocenters. The van der Waals surface area contributed by atoms with Crippen LogP contribution in [0.4, 0.5) is 0 Å². The van der Waals surface area contributed by atoms with Crippen LogP contribution in [-0.4, -0.2) is 4.92 Å². The Labute approximate surface area is 106 Å². The molecule has 0 saturated heterocycles. The van der Waals surface area contributed by atoms with Crippen LogP contribution >= 0.6 is 0 Å². The molecule has 0 aliphatic rings. The zero-order valence-electron chi connectivity index (χ0n) is 10.0. The van der Waals surface area contributed by atoms with Gasteiger partial charge in [0.05, 0.1) is 10.5 Å². The quantitative estimate of drug-likeness (QED) is 0.465. The molecule has 0 N–H and O–H groups in total. The number of benzene rings is 2. The van der Waals surface area contributed by atoms with E-state index in [4.69, 9.17) is 0 Å². The van der Waals surface area contributed by atoms with Crippen LogP contribution in [-0.2, 0) is 0 Å². The topological polar surface area (TPSA) is 43.1 Å². The lowest BCUT2D eigenvalue weighted by molar-refractivity contribution is -0.374. The third kappa shape index (κ3) is 2.83. The highest BCUT2D eigenvalue weighted by Crippen LogP contribution is 2.19. The van der Waals surface area contributed by atoms with Crippen molar-refractivity contribution in [3.63, 3.8) is 0 Å².